The molecule has 1 aliphatic heterocycles. The van der Waals surface area contributed by atoms with Crippen LogP contribution in [0.4, 0.5) is 4.79 Å². The lowest BCUT2D eigenvalue weighted by Gasteiger charge is -2.28. The zero-order chi connectivity index (χ0) is 18.7. The Kier molecular flexibility index (Phi) is 5.49. The van der Waals surface area contributed by atoms with Gasteiger partial charge in [-0.2, -0.15) is 0 Å². The zero-order valence-electron chi connectivity index (χ0n) is 13.9. The molecule has 0 spiro atoms. The molecule has 1 atom stereocenters. The molecule has 0 radical (unpaired) electrons. The van der Waals surface area contributed by atoms with Crippen LogP contribution in [0.25, 0.3) is 0 Å². The summed E-state index contributed by atoms with van der Waals surface area (Å²) in [6.07, 6.45) is 0. The van der Waals surface area contributed by atoms with E-state index in [1.807, 2.05) is 30.3 Å². The maximum Gasteiger partial charge on any atom is 0.338 e. The summed E-state index contributed by atoms with van der Waals surface area (Å²) < 4.78 is 5.43. The Morgan fingerprint density at radius 3 is 2.58 bits per heavy atom. The minimum atomic E-state index is -0.752. The van der Waals surface area contributed by atoms with Gasteiger partial charge in [0.2, 0.25) is 0 Å². The van der Waals surface area contributed by atoms with Gasteiger partial charge in [0.1, 0.15) is 6.61 Å². The van der Waals surface area contributed by atoms with E-state index in [0.29, 0.717) is 16.3 Å². The van der Waals surface area contributed by atoms with Crippen molar-refractivity contribution in [1.82, 2.24) is 10.6 Å². The predicted octanol–water partition coefficient (Wildman–Crippen LogP) is 4.36. The first-order valence-corrected chi connectivity index (χ1v) is 8.66. The highest BCUT2D eigenvalue weighted by molar-refractivity contribution is 6.42. The quantitative estimate of drug-likeness (QED) is 0.761. The molecular formula is C19H16Cl2N2O3. The van der Waals surface area contributed by atoms with Gasteiger partial charge < -0.3 is 15.4 Å². The Labute approximate surface area is 160 Å². The molecule has 1 aliphatic rings. The highest BCUT2D eigenvalue weighted by Crippen LogP contribution is 2.35. The van der Waals surface area contributed by atoms with Crippen LogP contribution in [0, 0.1) is 0 Å². The molecule has 5 nitrogen and oxygen atoms in total. The molecule has 0 saturated heterocycles. The van der Waals surface area contributed by atoms with Crippen LogP contribution in [-0.2, 0) is 16.1 Å². The normalized spacial score (nSPS) is 16.7. The van der Waals surface area contributed by atoms with E-state index in [1.54, 1.807) is 25.1 Å². The Balaban J connectivity index is 1.90. The summed E-state index contributed by atoms with van der Waals surface area (Å²) in [7, 11) is 0. The highest BCUT2D eigenvalue weighted by Gasteiger charge is 2.33. The van der Waals surface area contributed by atoms with E-state index in [0.717, 1.165) is 5.56 Å². The van der Waals surface area contributed by atoms with Gasteiger partial charge in [0, 0.05) is 5.70 Å². The van der Waals surface area contributed by atoms with E-state index >= 15 is 0 Å². The van der Waals surface area contributed by atoms with E-state index in [9.17, 15) is 9.59 Å². The number of carbonyl (C=O) groups is 2. The maximum atomic E-state index is 12.7. The van der Waals surface area contributed by atoms with E-state index < -0.39 is 18.0 Å². The largest absolute Gasteiger partial charge is 0.457 e. The zero-order valence-corrected chi connectivity index (χ0v) is 15.4. The molecule has 0 aliphatic carbocycles. The minimum Gasteiger partial charge on any atom is -0.457 e. The lowest BCUT2D eigenvalue weighted by molar-refractivity contribution is -0.140. The third kappa shape index (κ3) is 3.84. The SMILES string of the molecule is CC1=C(C(=O)OCc2ccccc2)C(c2cccc(Cl)c2Cl)NC(=O)N1. The molecule has 2 amide bonds. The van der Waals surface area contributed by atoms with Gasteiger partial charge in [-0.15, -0.1) is 0 Å². The summed E-state index contributed by atoms with van der Waals surface area (Å²) in [6, 6.07) is 13.2. The molecule has 0 aromatic heterocycles. The number of halogens is 2. The molecule has 26 heavy (non-hydrogen) atoms. The molecule has 7 heteroatoms. The average molecular weight is 391 g/mol. The fourth-order valence-electron chi connectivity index (χ4n) is 2.74. The molecular weight excluding hydrogens is 375 g/mol. The number of esters is 1. The number of hydrogen-bond acceptors (Lipinski definition) is 3. The molecule has 2 aromatic rings. The van der Waals surface area contributed by atoms with Crippen molar-refractivity contribution >= 4 is 35.2 Å². The summed E-state index contributed by atoms with van der Waals surface area (Å²) in [5, 5.41) is 5.92. The summed E-state index contributed by atoms with van der Waals surface area (Å²) in [4.78, 5) is 24.6. The van der Waals surface area contributed by atoms with Crippen molar-refractivity contribution in [1.29, 1.82) is 0 Å². The second-order valence-electron chi connectivity index (χ2n) is 5.77. The smallest absolute Gasteiger partial charge is 0.338 e. The van der Waals surface area contributed by atoms with Gasteiger partial charge in [-0.05, 0) is 24.1 Å². The first kappa shape index (κ1) is 18.3. The second-order valence-corrected chi connectivity index (χ2v) is 6.56. The molecule has 3 rings (SSSR count). The van der Waals surface area contributed by atoms with Crippen molar-refractivity contribution in [2.75, 3.05) is 0 Å². The second kappa shape index (κ2) is 7.81. The first-order valence-electron chi connectivity index (χ1n) is 7.90. The van der Waals surface area contributed by atoms with Crippen LogP contribution in [-0.4, -0.2) is 12.0 Å². The number of carbonyl (C=O) groups excluding carboxylic acids is 2. The van der Waals surface area contributed by atoms with Crippen molar-refractivity contribution in [2.24, 2.45) is 0 Å². The van der Waals surface area contributed by atoms with Gasteiger partial charge in [-0.3, -0.25) is 0 Å². The van der Waals surface area contributed by atoms with Crippen LogP contribution < -0.4 is 10.6 Å². The lowest BCUT2D eigenvalue weighted by atomic mass is 9.95. The Morgan fingerprint density at radius 2 is 1.85 bits per heavy atom. The summed E-state index contributed by atoms with van der Waals surface area (Å²) >= 11 is 12.4. The average Bonchev–Trinajstić information content (AvgIpc) is 2.62. The van der Waals surface area contributed by atoms with Crippen LogP contribution >= 0.6 is 23.2 Å². The molecule has 2 N–H and O–H groups in total. The third-order valence-corrected chi connectivity index (χ3v) is 4.83. The monoisotopic (exact) mass is 390 g/mol. The molecule has 134 valence electrons. The third-order valence-electron chi connectivity index (χ3n) is 3.99. The highest BCUT2D eigenvalue weighted by atomic mass is 35.5. The summed E-state index contributed by atoms with van der Waals surface area (Å²) in [5.41, 5.74) is 2.09. The van der Waals surface area contributed by atoms with Gasteiger partial charge in [0.05, 0.1) is 21.7 Å². The lowest BCUT2D eigenvalue weighted by Crippen LogP contribution is -2.45. The van der Waals surface area contributed by atoms with Crippen molar-refractivity contribution in [2.45, 2.75) is 19.6 Å². The van der Waals surface area contributed by atoms with E-state index in [2.05, 4.69) is 10.6 Å². The van der Waals surface area contributed by atoms with E-state index in [-0.39, 0.29) is 17.2 Å². The van der Waals surface area contributed by atoms with Crippen molar-refractivity contribution in [3.8, 4) is 0 Å². The fourth-order valence-corrected chi connectivity index (χ4v) is 3.16. The van der Waals surface area contributed by atoms with Gasteiger partial charge in [0.25, 0.3) is 0 Å². The number of rotatable bonds is 4. The number of allylic oxidation sites excluding steroid dienone is 1. The molecule has 1 heterocycles. The first-order chi connectivity index (χ1) is 12.5. The summed E-state index contributed by atoms with van der Waals surface area (Å²) in [6.45, 7) is 1.77. The Morgan fingerprint density at radius 1 is 1.12 bits per heavy atom. The van der Waals surface area contributed by atoms with Crippen LogP contribution in [0.2, 0.25) is 10.0 Å². The van der Waals surface area contributed by atoms with Gasteiger partial charge in [-0.25, -0.2) is 9.59 Å². The molecule has 1 unspecified atom stereocenters. The Bertz CT molecular complexity index is 882. The van der Waals surface area contributed by atoms with Crippen LogP contribution in [0.3, 0.4) is 0 Å². The number of ether oxygens (including phenoxy) is 1. The van der Waals surface area contributed by atoms with Crippen LogP contribution in [0.1, 0.15) is 24.1 Å². The molecule has 0 fully saturated rings. The fraction of sp³-hybridized carbons (Fsp3) is 0.158. The predicted molar refractivity (Wildman–Crippen MR) is 99.8 cm³/mol. The van der Waals surface area contributed by atoms with Gasteiger partial charge in [0.15, 0.2) is 0 Å². The number of urea groups is 1. The van der Waals surface area contributed by atoms with Gasteiger partial charge in [-0.1, -0.05) is 65.7 Å². The minimum absolute atomic E-state index is 0.125. The number of amides is 2. The standard InChI is InChI=1S/C19H16Cl2N2O3/c1-11-15(18(24)26-10-12-6-3-2-4-7-12)17(23-19(25)22-11)13-8-5-9-14(20)16(13)21/h2-9,17H,10H2,1H3,(H2,22,23,25). The van der Waals surface area contributed by atoms with Crippen molar-refractivity contribution in [3.05, 3.63) is 81.0 Å². The van der Waals surface area contributed by atoms with Crippen LogP contribution in [0.5, 0.6) is 0 Å². The van der Waals surface area contributed by atoms with Crippen molar-refractivity contribution < 1.29 is 14.3 Å². The van der Waals surface area contributed by atoms with E-state index in [1.165, 1.54) is 0 Å². The maximum absolute atomic E-state index is 12.7. The molecule has 0 bridgehead atoms. The number of nitrogens with one attached hydrogen (secondary N) is 2. The van der Waals surface area contributed by atoms with E-state index in [4.69, 9.17) is 27.9 Å². The molecule has 0 saturated carbocycles. The summed E-state index contributed by atoms with van der Waals surface area (Å²) in [5.74, 6) is -0.542. The number of benzene rings is 2. The van der Waals surface area contributed by atoms with Gasteiger partial charge >= 0.3 is 12.0 Å². The van der Waals surface area contributed by atoms with Crippen molar-refractivity contribution in [3.63, 3.8) is 0 Å². The van der Waals surface area contributed by atoms with Crippen LogP contribution in [0.15, 0.2) is 59.8 Å². The number of hydrogen-bond donors (Lipinski definition) is 2. The Hall–Kier alpha value is -2.50. The molecule has 2 aromatic carbocycles. The topological polar surface area (TPSA) is 67.4 Å².